The van der Waals surface area contributed by atoms with E-state index in [0.717, 1.165) is 25.9 Å². The van der Waals surface area contributed by atoms with Crippen molar-refractivity contribution in [1.29, 1.82) is 0 Å². The van der Waals surface area contributed by atoms with E-state index < -0.39 is 0 Å². The van der Waals surface area contributed by atoms with Gasteiger partial charge in [0.1, 0.15) is 0 Å². The van der Waals surface area contributed by atoms with E-state index in [2.05, 4.69) is 11.9 Å². The van der Waals surface area contributed by atoms with Gasteiger partial charge in [-0.1, -0.05) is 54.6 Å². The van der Waals surface area contributed by atoms with Gasteiger partial charge in [0.05, 0.1) is 27.4 Å². The van der Waals surface area contributed by atoms with Crippen molar-refractivity contribution in [3.8, 4) is 5.69 Å². The van der Waals surface area contributed by atoms with Crippen LogP contribution < -0.4 is 5.56 Å². The fourth-order valence-corrected chi connectivity index (χ4v) is 4.66. The van der Waals surface area contributed by atoms with Gasteiger partial charge in [-0.05, 0) is 43.0 Å². The van der Waals surface area contributed by atoms with E-state index >= 15 is 0 Å². The second-order valence-electron chi connectivity index (χ2n) is 7.36. The minimum Gasteiger partial charge on any atom is -0.342 e. The van der Waals surface area contributed by atoms with E-state index in [1.54, 1.807) is 18.2 Å². The third-order valence-electron chi connectivity index (χ3n) is 5.30. The lowest BCUT2D eigenvalue weighted by Crippen LogP contribution is -2.39. The van der Waals surface area contributed by atoms with Gasteiger partial charge in [-0.25, -0.2) is 4.98 Å². The molecule has 0 spiro atoms. The molecular formula is C22H22ClN3O2S. The molecule has 0 saturated carbocycles. The summed E-state index contributed by atoms with van der Waals surface area (Å²) in [6, 6.07) is 14.4. The van der Waals surface area contributed by atoms with Gasteiger partial charge in [-0.15, -0.1) is 0 Å². The Morgan fingerprint density at radius 1 is 1.14 bits per heavy atom. The lowest BCUT2D eigenvalue weighted by Gasteiger charge is -2.30. The number of carbonyl (C=O) groups is 1. The highest BCUT2D eigenvalue weighted by Crippen LogP contribution is 2.26. The molecule has 2 aromatic carbocycles. The molecule has 0 aliphatic carbocycles. The molecule has 2 heterocycles. The topological polar surface area (TPSA) is 55.2 Å². The molecule has 1 aromatic heterocycles. The van der Waals surface area contributed by atoms with Crippen molar-refractivity contribution >= 4 is 40.2 Å². The number of hydrogen-bond acceptors (Lipinski definition) is 4. The summed E-state index contributed by atoms with van der Waals surface area (Å²) in [5.74, 6) is 0.984. The van der Waals surface area contributed by atoms with Crippen molar-refractivity contribution in [2.45, 2.75) is 24.9 Å². The molecule has 3 aromatic rings. The monoisotopic (exact) mass is 427 g/mol. The van der Waals surface area contributed by atoms with Crippen LogP contribution in [0.15, 0.2) is 58.5 Å². The van der Waals surface area contributed by atoms with Gasteiger partial charge < -0.3 is 4.90 Å². The molecule has 1 aliphatic rings. The van der Waals surface area contributed by atoms with E-state index in [0.29, 0.717) is 32.7 Å². The number of rotatable bonds is 4. The number of nitrogens with zero attached hydrogens (tertiary/aromatic N) is 3. The smallest absolute Gasteiger partial charge is 0.266 e. The number of piperidine rings is 1. The second-order valence-corrected chi connectivity index (χ2v) is 8.71. The van der Waals surface area contributed by atoms with Gasteiger partial charge in [0.15, 0.2) is 5.16 Å². The molecule has 1 amide bonds. The first kappa shape index (κ1) is 20.0. The molecule has 7 heteroatoms. The third kappa shape index (κ3) is 4.19. The van der Waals surface area contributed by atoms with Crippen LogP contribution in [0.1, 0.15) is 19.8 Å². The summed E-state index contributed by atoms with van der Waals surface area (Å²) < 4.78 is 1.51. The van der Waals surface area contributed by atoms with E-state index in [1.807, 2.05) is 35.2 Å². The zero-order valence-electron chi connectivity index (χ0n) is 16.2. The van der Waals surface area contributed by atoms with Crippen molar-refractivity contribution in [1.82, 2.24) is 14.5 Å². The number of carbonyl (C=O) groups excluding carboxylic acids is 1. The normalized spacial score (nSPS) is 15.0. The van der Waals surface area contributed by atoms with Crippen LogP contribution in [0.2, 0.25) is 5.02 Å². The molecule has 4 rings (SSSR count). The van der Waals surface area contributed by atoms with Crippen LogP contribution in [0.4, 0.5) is 0 Å². The summed E-state index contributed by atoms with van der Waals surface area (Å²) in [4.78, 5) is 32.5. The van der Waals surface area contributed by atoms with E-state index in [9.17, 15) is 9.59 Å². The number of hydrogen-bond donors (Lipinski definition) is 0. The molecule has 0 atom stereocenters. The van der Waals surface area contributed by atoms with Crippen molar-refractivity contribution in [2.24, 2.45) is 5.92 Å². The Morgan fingerprint density at radius 2 is 1.83 bits per heavy atom. The fraction of sp³-hybridized carbons (Fsp3) is 0.318. The Labute approximate surface area is 178 Å². The molecule has 150 valence electrons. The number of para-hydroxylation sites is 2. The number of benzene rings is 2. The summed E-state index contributed by atoms with van der Waals surface area (Å²) >= 11 is 7.66. The highest BCUT2D eigenvalue weighted by atomic mass is 35.5. The fourth-order valence-electron chi connectivity index (χ4n) is 3.53. The molecule has 0 bridgehead atoms. The Hall–Kier alpha value is -2.31. The van der Waals surface area contributed by atoms with Crippen LogP contribution in [-0.2, 0) is 4.79 Å². The lowest BCUT2D eigenvalue weighted by atomic mass is 9.99. The Balaban J connectivity index is 1.69. The van der Waals surface area contributed by atoms with Gasteiger partial charge in [0.25, 0.3) is 5.56 Å². The van der Waals surface area contributed by atoms with Crippen LogP contribution >= 0.6 is 23.4 Å². The maximum absolute atomic E-state index is 13.2. The molecule has 1 saturated heterocycles. The second kappa shape index (κ2) is 8.59. The maximum Gasteiger partial charge on any atom is 0.266 e. The van der Waals surface area contributed by atoms with Gasteiger partial charge in [-0.3, -0.25) is 14.2 Å². The SMILES string of the molecule is CC1CCN(C(=O)CSc2nc3ccccc3c(=O)n2-c2ccccc2Cl)CC1. The quantitative estimate of drug-likeness (QED) is 0.457. The first-order chi connectivity index (χ1) is 14.0. The number of thioether (sulfide) groups is 1. The predicted octanol–water partition coefficient (Wildman–Crippen LogP) is 4.39. The average molecular weight is 428 g/mol. The van der Waals surface area contributed by atoms with Gasteiger partial charge in [-0.2, -0.15) is 0 Å². The van der Waals surface area contributed by atoms with Gasteiger partial charge >= 0.3 is 0 Å². The number of amides is 1. The molecule has 0 unspecified atom stereocenters. The zero-order valence-corrected chi connectivity index (χ0v) is 17.7. The predicted molar refractivity (Wildman–Crippen MR) is 118 cm³/mol. The van der Waals surface area contributed by atoms with E-state index in [-0.39, 0.29) is 17.2 Å². The van der Waals surface area contributed by atoms with Gasteiger partial charge in [0.2, 0.25) is 5.91 Å². The maximum atomic E-state index is 13.2. The van der Waals surface area contributed by atoms with Crippen LogP contribution in [0.5, 0.6) is 0 Å². The summed E-state index contributed by atoms with van der Waals surface area (Å²) in [5, 5.41) is 1.46. The Kier molecular flexibility index (Phi) is 5.92. The first-order valence-corrected chi connectivity index (χ1v) is 11.1. The summed E-state index contributed by atoms with van der Waals surface area (Å²) in [7, 11) is 0. The number of likely N-dealkylation sites (tertiary alicyclic amines) is 1. The molecule has 0 N–H and O–H groups in total. The number of fused-ring (bicyclic) bond motifs is 1. The highest BCUT2D eigenvalue weighted by molar-refractivity contribution is 7.99. The molecule has 29 heavy (non-hydrogen) atoms. The standard InChI is InChI=1S/C22H22ClN3O2S/c1-15-10-12-25(13-11-15)20(27)14-29-22-24-18-8-4-2-6-16(18)21(28)26(22)19-9-5-3-7-17(19)23/h2-9,15H,10-14H2,1H3. The molecule has 1 fully saturated rings. The van der Waals surface area contributed by atoms with Crippen molar-refractivity contribution in [2.75, 3.05) is 18.8 Å². The van der Waals surface area contributed by atoms with E-state index in [1.165, 1.54) is 16.3 Å². The van der Waals surface area contributed by atoms with Crippen LogP contribution in [-0.4, -0.2) is 39.2 Å². The van der Waals surface area contributed by atoms with Crippen LogP contribution in [0.25, 0.3) is 16.6 Å². The van der Waals surface area contributed by atoms with Crippen LogP contribution in [0, 0.1) is 5.92 Å². The third-order valence-corrected chi connectivity index (χ3v) is 6.54. The highest BCUT2D eigenvalue weighted by Gasteiger charge is 2.22. The first-order valence-electron chi connectivity index (χ1n) is 9.72. The van der Waals surface area contributed by atoms with Crippen molar-refractivity contribution < 1.29 is 4.79 Å². The molecule has 1 aliphatic heterocycles. The summed E-state index contributed by atoms with van der Waals surface area (Å²) in [5.41, 5.74) is 0.993. The summed E-state index contributed by atoms with van der Waals surface area (Å²) in [6.07, 6.45) is 2.07. The Morgan fingerprint density at radius 3 is 2.59 bits per heavy atom. The number of aromatic nitrogens is 2. The minimum atomic E-state index is -0.189. The van der Waals surface area contributed by atoms with Crippen LogP contribution in [0.3, 0.4) is 0 Å². The zero-order chi connectivity index (χ0) is 20.4. The lowest BCUT2D eigenvalue weighted by molar-refractivity contribution is -0.129. The minimum absolute atomic E-state index is 0.0787. The van der Waals surface area contributed by atoms with Gasteiger partial charge in [0, 0.05) is 13.1 Å². The Bertz CT molecular complexity index is 1110. The number of halogens is 1. The van der Waals surface area contributed by atoms with E-state index in [4.69, 9.17) is 11.6 Å². The van der Waals surface area contributed by atoms with Crippen molar-refractivity contribution in [3.63, 3.8) is 0 Å². The van der Waals surface area contributed by atoms with Crippen molar-refractivity contribution in [3.05, 3.63) is 63.9 Å². The molecule has 5 nitrogen and oxygen atoms in total. The summed E-state index contributed by atoms with van der Waals surface area (Å²) in [6.45, 7) is 3.81. The largest absolute Gasteiger partial charge is 0.342 e. The average Bonchev–Trinajstić information content (AvgIpc) is 2.73. The molecular weight excluding hydrogens is 406 g/mol. The molecule has 0 radical (unpaired) electrons.